The van der Waals surface area contributed by atoms with Crippen LogP contribution in [0.15, 0.2) is 72.1 Å². The molecular weight excluding hydrogens is 484 g/mol. The summed E-state index contributed by atoms with van der Waals surface area (Å²) in [6, 6.07) is 20.7. The molecule has 0 saturated heterocycles. The Bertz CT molecular complexity index is 1030. The van der Waals surface area contributed by atoms with E-state index in [1.807, 2.05) is 54.8 Å². The molecule has 35 heavy (non-hydrogen) atoms. The van der Waals surface area contributed by atoms with Crippen LogP contribution >= 0.6 is 22.9 Å². The number of rotatable bonds is 14. The van der Waals surface area contributed by atoms with Crippen molar-refractivity contribution in [1.82, 2.24) is 9.80 Å². The highest BCUT2D eigenvalue weighted by Gasteiger charge is 2.22. The molecule has 0 unspecified atom stereocenters. The average molecular weight is 515 g/mol. The number of nitrogens with zero attached hydrogens (tertiary/aromatic N) is 2. The molecule has 2 aromatic carbocycles. The van der Waals surface area contributed by atoms with Crippen LogP contribution in [0.3, 0.4) is 0 Å². The van der Waals surface area contributed by atoms with E-state index in [1.54, 1.807) is 45.4 Å². The zero-order valence-electron chi connectivity index (χ0n) is 19.9. The third kappa shape index (κ3) is 9.36. The van der Waals surface area contributed by atoms with Gasteiger partial charge in [-0.15, -0.1) is 11.3 Å². The summed E-state index contributed by atoms with van der Waals surface area (Å²) >= 11 is 7.53. The van der Waals surface area contributed by atoms with Crippen molar-refractivity contribution < 1.29 is 19.1 Å². The molecular formula is C27H31ClN2O4S. The van der Waals surface area contributed by atoms with E-state index in [0.29, 0.717) is 50.0 Å². The van der Waals surface area contributed by atoms with Crippen LogP contribution in [0.5, 0.6) is 5.75 Å². The van der Waals surface area contributed by atoms with Gasteiger partial charge in [-0.3, -0.25) is 9.59 Å². The second kappa shape index (κ2) is 14.5. The number of halogens is 1. The summed E-state index contributed by atoms with van der Waals surface area (Å²) in [7, 11) is 0. The second-order valence-electron chi connectivity index (χ2n) is 7.92. The molecule has 3 aromatic rings. The maximum Gasteiger partial charge on any atom is 0.260 e. The topological polar surface area (TPSA) is 59.1 Å². The van der Waals surface area contributed by atoms with Gasteiger partial charge in [0.25, 0.3) is 5.91 Å². The Morgan fingerprint density at radius 3 is 2.37 bits per heavy atom. The van der Waals surface area contributed by atoms with E-state index in [1.165, 1.54) is 0 Å². The van der Waals surface area contributed by atoms with Crippen molar-refractivity contribution in [3.05, 3.63) is 87.6 Å². The SMILES string of the molecule is CCOCCCN(CC(=O)N(Cc1ccccc1)Cc1cccs1)C(=O)COc1ccc(Cl)cc1. The molecule has 0 aliphatic rings. The number of amides is 2. The van der Waals surface area contributed by atoms with Gasteiger partial charge in [0.2, 0.25) is 5.91 Å². The molecule has 0 atom stereocenters. The van der Waals surface area contributed by atoms with E-state index < -0.39 is 0 Å². The molecule has 0 aliphatic heterocycles. The number of carbonyl (C=O) groups is 2. The predicted octanol–water partition coefficient (Wildman–Crippen LogP) is 5.26. The van der Waals surface area contributed by atoms with Crippen LogP contribution in [0.1, 0.15) is 23.8 Å². The molecule has 0 N–H and O–H groups in total. The smallest absolute Gasteiger partial charge is 0.260 e. The summed E-state index contributed by atoms with van der Waals surface area (Å²) in [6.45, 7) is 4.26. The summed E-state index contributed by atoms with van der Waals surface area (Å²) in [5, 5.41) is 2.59. The first-order valence-electron chi connectivity index (χ1n) is 11.6. The number of thiophene rings is 1. The highest BCUT2D eigenvalue weighted by atomic mass is 35.5. The molecule has 0 bridgehead atoms. The van der Waals surface area contributed by atoms with Crippen molar-refractivity contribution in [2.75, 3.05) is 32.9 Å². The van der Waals surface area contributed by atoms with Gasteiger partial charge in [0.15, 0.2) is 6.61 Å². The third-order valence-corrected chi connectivity index (χ3v) is 6.38. The Hall–Kier alpha value is -2.87. The van der Waals surface area contributed by atoms with E-state index in [0.717, 1.165) is 10.4 Å². The number of ether oxygens (including phenoxy) is 2. The molecule has 0 aliphatic carbocycles. The Morgan fingerprint density at radius 1 is 0.914 bits per heavy atom. The lowest BCUT2D eigenvalue weighted by atomic mass is 10.2. The number of hydrogen-bond acceptors (Lipinski definition) is 5. The normalized spacial score (nSPS) is 10.7. The minimum absolute atomic E-state index is 0.0207. The van der Waals surface area contributed by atoms with E-state index in [4.69, 9.17) is 21.1 Å². The molecule has 1 aromatic heterocycles. The minimum Gasteiger partial charge on any atom is -0.484 e. The fourth-order valence-corrected chi connectivity index (χ4v) is 4.30. The first kappa shape index (κ1) is 26.7. The standard InChI is InChI=1S/C27H31ClN2O4S/c1-2-33-16-7-15-29(27(32)21-34-24-13-11-23(28)12-14-24)20-26(31)30(19-25-10-6-17-35-25)18-22-8-4-3-5-9-22/h3-6,8-14,17H,2,7,15-16,18-21H2,1H3. The molecule has 2 amide bonds. The molecule has 1 heterocycles. The zero-order chi connectivity index (χ0) is 24.9. The van der Waals surface area contributed by atoms with Gasteiger partial charge in [-0.25, -0.2) is 0 Å². The van der Waals surface area contributed by atoms with Crippen LogP contribution in [-0.4, -0.2) is 54.5 Å². The van der Waals surface area contributed by atoms with E-state index >= 15 is 0 Å². The molecule has 186 valence electrons. The molecule has 0 saturated carbocycles. The van der Waals surface area contributed by atoms with E-state index in [-0.39, 0.29) is 25.0 Å². The van der Waals surface area contributed by atoms with E-state index in [9.17, 15) is 9.59 Å². The van der Waals surface area contributed by atoms with Gasteiger partial charge in [-0.1, -0.05) is 48.0 Å². The maximum absolute atomic E-state index is 13.4. The summed E-state index contributed by atoms with van der Waals surface area (Å²) < 4.78 is 11.1. The van der Waals surface area contributed by atoms with Gasteiger partial charge >= 0.3 is 0 Å². The molecule has 0 spiro atoms. The average Bonchev–Trinajstić information content (AvgIpc) is 3.38. The zero-order valence-corrected chi connectivity index (χ0v) is 21.5. The van der Waals surface area contributed by atoms with Crippen LogP contribution in [0.25, 0.3) is 0 Å². The first-order chi connectivity index (χ1) is 17.0. The molecule has 0 radical (unpaired) electrons. The van der Waals surface area contributed by atoms with Gasteiger partial charge in [-0.2, -0.15) is 0 Å². The Labute approximate surface area is 216 Å². The Morgan fingerprint density at radius 2 is 1.69 bits per heavy atom. The summed E-state index contributed by atoms with van der Waals surface area (Å²) in [5.74, 6) is 0.186. The lowest BCUT2D eigenvalue weighted by Gasteiger charge is -2.28. The van der Waals surface area contributed by atoms with Crippen LogP contribution < -0.4 is 4.74 Å². The third-order valence-electron chi connectivity index (χ3n) is 5.27. The van der Waals surface area contributed by atoms with Crippen LogP contribution in [-0.2, 0) is 27.4 Å². The van der Waals surface area contributed by atoms with Crippen LogP contribution in [0.2, 0.25) is 5.02 Å². The van der Waals surface area contributed by atoms with Gasteiger partial charge in [0.1, 0.15) is 5.75 Å². The molecule has 0 fully saturated rings. The second-order valence-corrected chi connectivity index (χ2v) is 9.39. The molecule has 6 nitrogen and oxygen atoms in total. The lowest BCUT2D eigenvalue weighted by Crippen LogP contribution is -2.44. The van der Waals surface area contributed by atoms with Crippen LogP contribution in [0, 0.1) is 0 Å². The van der Waals surface area contributed by atoms with Crippen molar-refractivity contribution in [2.24, 2.45) is 0 Å². The fourth-order valence-electron chi connectivity index (χ4n) is 3.45. The first-order valence-corrected chi connectivity index (χ1v) is 12.9. The summed E-state index contributed by atoms with van der Waals surface area (Å²) in [5.41, 5.74) is 1.04. The molecule has 8 heteroatoms. The minimum atomic E-state index is -0.249. The molecule has 3 rings (SSSR count). The fraction of sp³-hybridized carbons (Fsp3) is 0.333. The maximum atomic E-state index is 13.4. The van der Waals surface area contributed by atoms with Gasteiger partial charge in [0, 0.05) is 36.2 Å². The predicted molar refractivity (Wildman–Crippen MR) is 140 cm³/mol. The van der Waals surface area contributed by atoms with Gasteiger partial charge in [0.05, 0.1) is 13.1 Å². The lowest BCUT2D eigenvalue weighted by molar-refractivity contribution is -0.142. The highest BCUT2D eigenvalue weighted by Crippen LogP contribution is 2.17. The highest BCUT2D eigenvalue weighted by molar-refractivity contribution is 7.09. The Kier molecular flexibility index (Phi) is 11.1. The summed E-state index contributed by atoms with van der Waals surface area (Å²) in [6.07, 6.45) is 0.636. The van der Waals surface area contributed by atoms with Crippen molar-refractivity contribution >= 4 is 34.8 Å². The Balaban J connectivity index is 1.68. The van der Waals surface area contributed by atoms with Crippen molar-refractivity contribution in [1.29, 1.82) is 0 Å². The number of carbonyl (C=O) groups excluding carboxylic acids is 2. The van der Waals surface area contributed by atoms with Gasteiger partial charge in [-0.05, 0) is 54.6 Å². The van der Waals surface area contributed by atoms with Crippen molar-refractivity contribution in [3.63, 3.8) is 0 Å². The summed E-state index contributed by atoms with van der Waals surface area (Å²) in [4.78, 5) is 30.9. The van der Waals surface area contributed by atoms with Gasteiger partial charge < -0.3 is 19.3 Å². The quantitative estimate of drug-likeness (QED) is 0.275. The monoisotopic (exact) mass is 514 g/mol. The van der Waals surface area contributed by atoms with Crippen molar-refractivity contribution in [2.45, 2.75) is 26.4 Å². The van der Waals surface area contributed by atoms with Crippen molar-refractivity contribution in [3.8, 4) is 5.75 Å². The largest absolute Gasteiger partial charge is 0.484 e. The van der Waals surface area contributed by atoms with E-state index in [2.05, 4.69) is 0 Å². The number of benzene rings is 2. The number of hydrogen-bond donors (Lipinski definition) is 0. The van der Waals surface area contributed by atoms with Crippen LogP contribution in [0.4, 0.5) is 0 Å².